The number of carbonyl (C=O) groups excluding carboxylic acids is 1. The number of aryl methyl sites for hydroxylation is 1. The van der Waals surface area contributed by atoms with Gasteiger partial charge in [0, 0.05) is 43.5 Å². The number of nitrogens with one attached hydrogen (secondary N) is 3. The molecule has 0 spiro atoms. The zero-order chi connectivity index (χ0) is 20.3. The van der Waals surface area contributed by atoms with Gasteiger partial charge in [0.1, 0.15) is 0 Å². The topological polar surface area (TPSA) is 90.5 Å². The second kappa shape index (κ2) is 8.80. The van der Waals surface area contributed by atoms with E-state index in [4.69, 9.17) is 0 Å². The molecule has 1 aromatic carbocycles. The van der Waals surface area contributed by atoms with E-state index in [1.807, 2.05) is 32.0 Å². The minimum Gasteiger partial charge on any atom is -0.380 e. The minimum atomic E-state index is -3.12. The fraction of sp³-hybridized carbons (Fsp3) is 0.650. The largest absolute Gasteiger partial charge is 0.380 e. The third-order valence-corrected chi connectivity index (χ3v) is 7.84. The Morgan fingerprint density at radius 2 is 1.96 bits per heavy atom. The van der Waals surface area contributed by atoms with Crippen molar-refractivity contribution >= 4 is 21.6 Å². The molecule has 28 heavy (non-hydrogen) atoms. The maximum Gasteiger partial charge on any atom is 0.251 e. The van der Waals surface area contributed by atoms with Crippen molar-refractivity contribution in [3.05, 3.63) is 29.3 Å². The number of hydrogen-bond acceptors (Lipinski definition) is 5. The zero-order valence-electron chi connectivity index (χ0n) is 17.0. The van der Waals surface area contributed by atoms with Gasteiger partial charge in [-0.1, -0.05) is 6.07 Å². The summed E-state index contributed by atoms with van der Waals surface area (Å²) in [6.07, 6.45) is 1.55. The molecule has 0 unspecified atom stereocenters. The molecule has 2 aliphatic heterocycles. The van der Waals surface area contributed by atoms with Gasteiger partial charge in [0.25, 0.3) is 5.91 Å². The van der Waals surface area contributed by atoms with Crippen molar-refractivity contribution in [3.63, 3.8) is 0 Å². The standard InChI is InChI=1S/C20H32N4O3S/c1-4-28(26,27)24-9-7-16(8-10-24)15(3)22-20(25)19-11-17(6-5-14(19)2)23-18-12-21-13-18/h5-6,11,15-16,18,21,23H,4,7-10,12-13H2,1-3H3,(H,22,25)/t15-/m1/s1. The van der Waals surface area contributed by atoms with Gasteiger partial charge in [0.05, 0.1) is 11.8 Å². The second-order valence-electron chi connectivity index (χ2n) is 7.93. The van der Waals surface area contributed by atoms with Crippen LogP contribution in [0.4, 0.5) is 5.69 Å². The van der Waals surface area contributed by atoms with E-state index in [-0.39, 0.29) is 23.6 Å². The number of amides is 1. The lowest BCUT2D eigenvalue weighted by Crippen LogP contribution is -2.51. The first-order valence-corrected chi connectivity index (χ1v) is 11.8. The lowest BCUT2D eigenvalue weighted by Gasteiger charge is -2.34. The Balaban J connectivity index is 1.58. The van der Waals surface area contributed by atoms with Gasteiger partial charge >= 0.3 is 0 Å². The minimum absolute atomic E-state index is 0.00540. The van der Waals surface area contributed by atoms with Crippen molar-refractivity contribution in [2.45, 2.75) is 45.7 Å². The SMILES string of the molecule is CCS(=O)(=O)N1CCC([C@@H](C)NC(=O)c2cc(NC3CNC3)ccc2C)CC1. The van der Waals surface area contributed by atoms with Crippen LogP contribution in [-0.4, -0.2) is 62.6 Å². The van der Waals surface area contributed by atoms with Crippen LogP contribution in [0.3, 0.4) is 0 Å². The smallest absolute Gasteiger partial charge is 0.251 e. The number of hydrogen-bond donors (Lipinski definition) is 3. The Labute approximate surface area is 168 Å². The molecule has 156 valence electrons. The molecule has 2 saturated heterocycles. The molecule has 3 rings (SSSR count). The van der Waals surface area contributed by atoms with Crippen molar-refractivity contribution in [3.8, 4) is 0 Å². The fourth-order valence-corrected chi connectivity index (χ4v) is 4.95. The van der Waals surface area contributed by atoms with Crippen LogP contribution in [0.2, 0.25) is 0 Å². The van der Waals surface area contributed by atoms with E-state index < -0.39 is 10.0 Å². The molecule has 1 aromatic rings. The summed E-state index contributed by atoms with van der Waals surface area (Å²) < 4.78 is 25.6. The molecule has 8 heteroatoms. The normalized spacial score (nSPS) is 20.4. The van der Waals surface area contributed by atoms with Crippen molar-refractivity contribution < 1.29 is 13.2 Å². The highest BCUT2D eigenvalue weighted by atomic mass is 32.2. The number of nitrogens with zero attached hydrogens (tertiary/aromatic N) is 1. The molecule has 1 atom stereocenters. The van der Waals surface area contributed by atoms with Crippen molar-refractivity contribution in [1.29, 1.82) is 0 Å². The third-order valence-electron chi connectivity index (χ3n) is 5.96. The first kappa shape index (κ1) is 21.1. The van der Waals surface area contributed by atoms with Crippen LogP contribution in [0.25, 0.3) is 0 Å². The van der Waals surface area contributed by atoms with Crippen molar-refractivity contribution in [1.82, 2.24) is 14.9 Å². The van der Waals surface area contributed by atoms with Gasteiger partial charge in [-0.15, -0.1) is 0 Å². The van der Waals surface area contributed by atoms with E-state index in [0.717, 1.165) is 37.2 Å². The maximum absolute atomic E-state index is 12.9. The Morgan fingerprint density at radius 3 is 2.54 bits per heavy atom. The highest BCUT2D eigenvalue weighted by Gasteiger charge is 2.30. The van der Waals surface area contributed by atoms with E-state index in [9.17, 15) is 13.2 Å². The number of rotatable bonds is 7. The molecule has 0 saturated carbocycles. The summed E-state index contributed by atoms with van der Waals surface area (Å²) >= 11 is 0. The van der Waals surface area contributed by atoms with E-state index in [2.05, 4.69) is 16.0 Å². The fourth-order valence-electron chi connectivity index (χ4n) is 3.82. The summed E-state index contributed by atoms with van der Waals surface area (Å²) in [6.45, 7) is 8.60. The van der Waals surface area contributed by atoms with E-state index >= 15 is 0 Å². The van der Waals surface area contributed by atoms with Gasteiger partial charge < -0.3 is 16.0 Å². The summed E-state index contributed by atoms with van der Waals surface area (Å²) in [6, 6.07) is 6.33. The first-order chi connectivity index (χ1) is 13.3. The van der Waals surface area contributed by atoms with E-state index in [0.29, 0.717) is 24.7 Å². The van der Waals surface area contributed by atoms with Gasteiger partial charge in [-0.05, 0) is 57.2 Å². The molecule has 3 N–H and O–H groups in total. The Bertz CT molecular complexity index is 800. The monoisotopic (exact) mass is 408 g/mol. The number of benzene rings is 1. The third kappa shape index (κ3) is 4.85. The average molecular weight is 409 g/mol. The van der Waals surface area contributed by atoms with Gasteiger partial charge in [0.2, 0.25) is 10.0 Å². The van der Waals surface area contributed by atoms with Crippen molar-refractivity contribution in [2.24, 2.45) is 5.92 Å². The summed E-state index contributed by atoms with van der Waals surface area (Å²) in [7, 11) is -3.12. The molecule has 0 aromatic heterocycles. The molecule has 2 aliphatic rings. The molecule has 1 amide bonds. The van der Waals surface area contributed by atoms with E-state index in [1.165, 1.54) is 0 Å². The van der Waals surface area contributed by atoms with Crippen LogP contribution in [0, 0.1) is 12.8 Å². The molecule has 7 nitrogen and oxygen atoms in total. The molecular formula is C20H32N4O3S. The maximum atomic E-state index is 12.9. The number of carbonyl (C=O) groups is 1. The average Bonchev–Trinajstić information content (AvgIpc) is 2.65. The predicted molar refractivity (Wildman–Crippen MR) is 112 cm³/mol. The van der Waals surface area contributed by atoms with Gasteiger partial charge in [-0.2, -0.15) is 0 Å². The van der Waals surface area contributed by atoms with Gasteiger partial charge in [-0.25, -0.2) is 12.7 Å². The Morgan fingerprint density at radius 1 is 1.29 bits per heavy atom. The van der Waals surface area contributed by atoms with Crippen LogP contribution in [0.1, 0.15) is 42.6 Å². The lowest BCUT2D eigenvalue weighted by atomic mass is 9.91. The summed E-state index contributed by atoms with van der Waals surface area (Å²) in [5.74, 6) is 0.365. The zero-order valence-corrected chi connectivity index (χ0v) is 17.8. The van der Waals surface area contributed by atoms with Crippen LogP contribution < -0.4 is 16.0 Å². The van der Waals surface area contributed by atoms with Crippen molar-refractivity contribution in [2.75, 3.05) is 37.2 Å². The molecule has 2 fully saturated rings. The number of sulfonamides is 1. The van der Waals surface area contributed by atoms with Gasteiger partial charge in [-0.3, -0.25) is 4.79 Å². The predicted octanol–water partition coefficient (Wildman–Crippen LogP) is 1.56. The highest BCUT2D eigenvalue weighted by Crippen LogP contribution is 2.24. The molecule has 2 heterocycles. The van der Waals surface area contributed by atoms with E-state index in [1.54, 1.807) is 11.2 Å². The molecule has 0 bridgehead atoms. The summed E-state index contributed by atoms with van der Waals surface area (Å²) in [5.41, 5.74) is 2.61. The van der Waals surface area contributed by atoms with Crippen LogP contribution in [0.15, 0.2) is 18.2 Å². The lowest BCUT2D eigenvalue weighted by molar-refractivity contribution is 0.0914. The number of piperidine rings is 1. The quantitative estimate of drug-likeness (QED) is 0.637. The van der Waals surface area contributed by atoms with Crippen LogP contribution >= 0.6 is 0 Å². The molecular weight excluding hydrogens is 376 g/mol. The first-order valence-electron chi connectivity index (χ1n) is 10.2. The second-order valence-corrected chi connectivity index (χ2v) is 10.2. The molecule has 0 aliphatic carbocycles. The summed E-state index contributed by atoms with van der Waals surface area (Å²) in [5, 5.41) is 9.80. The van der Waals surface area contributed by atoms with Gasteiger partial charge in [0.15, 0.2) is 0 Å². The Kier molecular flexibility index (Phi) is 6.62. The highest BCUT2D eigenvalue weighted by molar-refractivity contribution is 7.89. The molecule has 0 radical (unpaired) electrons. The van der Waals surface area contributed by atoms with Crippen LogP contribution in [0.5, 0.6) is 0 Å². The Hall–Kier alpha value is -1.64. The summed E-state index contributed by atoms with van der Waals surface area (Å²) in [4.78, 5) is 12.9. The number of anilines is 1. The van der Waals surface area contributed by atoms with Crippen LogP contribution in [-0.2, 0) is 10.0 Å².